The molecule has 0 radical (unpaired) electrons. The first-order valence-corrected chi connectivity index (χ1v) is 9.79. The van der Waals surface area contributed by atoms with E-state index in [1.54, 1.807) is 30.9 Å². The second kappa shape index (κ2) is 7.98. The molecular formula is C17H26N2O4S. The molecule has 0 spiro atoms. The van der Waals surface area contributed by atoms with Crippen LogP contribution in [0.15, 0.2) is 23.1 Å². The van der Waals surface area contributed by atoms with Crippen LogP contribution in [0.5, 0.6) is 5.75 Å². The van der Waals surface area contributed by atoms with E-state index in [9.17, 15) is 13.2 Å². The summed E-state index contributed by atoms with van der Waals surface area (Å²) >= 11 is 0. The minimum atomic E-state index is -3.75. The molecule has 0 aromatic heterocycles. The van der Waals surface area contributed by atoms with Crippen LogP contribution >= 0.6 is 0 Å². The van der Waals surface area contributed by atoms with E-state index in [-0.39, 0.29) is 10.8 Å². The van der Waals surface area contributed by atoms with Crippen LogP contribution in [0.2, 0.25) is 0 Å². The van der Waals surface area contributed by atoms with Crippen LogP contribution < -0.4 is 9.46 Å². The monoisotopic (exact) mass is 354 g/mol. The van der Waals surface area contributed by atoms with Gasteiger partial charge in [-0.2, -0.15) is 4.72 Å². The van der Waals surface area contributed by atoms with Crippen molar-refractivity contribution in [3.8, 4) is 5.75 Å². The van der Waals surface area contributed by atoms with Crippen molar-refractivity contribution in [2.45, 2.75) is 50.5 Å². The first kappa shape index (κ1) is 18.7. The van der Waals surface area contributed by atoms with Gasteiger partial charge >= 0.3 is 0 Å². The molecule has 1 atom stereocenters. The number of aryl methyl sites for hydroxylation is 1. The predicted molar refractivity (Wildman–Crippen MR) is 92.6 cm³/mol. The number of rotatable bonds is 5. The highest BCUT2D eigenvalue weighted by Crippen LogP contribution is 2.21. The molecule has 0 bridgehead atoms. The van der Waals surface area contributed by atoms with Crippen LogP contribution in [0.4, 0.5) is 0 Å². The summed E-state index contributed by atoms with van der Waals surface area (Å²) in [6, 6.07) is 3.86. The topological polar surface area (TPSA) is 75.7 Å². The number of hydrogen-bond acceptors (Lipinski definition) is 4. The summed E-state index contributed by atoms with van der Waals surface area (Å²) in [6.07, 6.45) is 4.19. The number of ether oxygens (including phenoxy) is 1. The van der Waals surface area contributed by atoms with Gasteiger partial charge in [0.05, 0.1) is 18.0 Å². The lowest BCUT2D eigenvalue weighted by Crippen LogP contribution is -2.47. The molecule has 134 valence electrons. The molecule has 0 unspecified atom stereocenters. The van der Waals surface area contributed by atoms with Crippen molar-refractivity contribution in [2.75, 3.05) is 20.2 Å². The molecule has 24 heavy (non-hydrogen) atoms. The van der Waals surface area contributed by atoms with E-state index in [4.69, 9.17) is 4.74 Å². The Hall–Kier alpha value is -1.60. The average molecular weight is 354 g/mol. The molecule has 7 heteroatoms. The molecule has 1 heterocycles. The number of nitrogens with one attached hydrogen (secondary N) is 1. The molecule has 0 aliphatic carbocycles. The summed E-state index contributed by atoms with van der Waals surface area (Å²) in [4.78, 5) is 14.4. The summed E-state index contributed by atoms with van der Waals surface area (Å²) < 4.78 is 32.7. The summed E-state index contributed by atoms with van der Waals surface area (Å²) in [5, 5.41) is 0. The van der Waals surface area contributed by atoms with Gasteiger partial charge in [0, 0.05) is 13.1 Å². The van der Waals surface area contributed by atoms with Gasteiger partial charge in [-0.15, -0.1) is 0 Å². The molecule has 1 amide bonds. The van der Waals surface area contributed by atoms with Crippen molar-refractivity contribution >= 4 is 15.9 Å². The number of carbonyl (C=O) groups excluding carboxylic acids is 1. The van der Waals surface area contributed by atoms with Gasteiger partial charge in [-0.25, -0.2) is 8.42 Å². The van der Waals surface area contributed by atoms with E-state index in [1.807, 2.05) is 0 Å². The van der Waals surface area contributed by atoms with Crippen molar-refractivity contribution in [3.63, 3.8) is 0 Å². The largest absolute Gasteiger partial charge is 0.496 e. The number of likely N-dealkylation sites (tertiary alicyclic amines) is 1. The van der Waals surface area contributed by atoms with Crippen molar-refractivity contribution in [3.05, 3.63) is 23.8 Å². The predicted octanol–water partition coefficient (Wildman–Crippen LogP) is 2.07. The molecule has 1 N–H and O–H groups in total. The Morgan fingerprint density at radius 3 is 2.38 bits per heavy atom. The zero-order valence-corrected chi connectivity index (χ0v) is 15.4. The normalized spacial score (nSPS) is 17.2. The van der Waals surface area contributed by atoms with E-state index in [2.05, 4.69) is 4.72 Å². The quantitative estimate of drug-likeness (QED) is 0.878. The first-order valence-electron chi connectivity index (χ1n) is 8.31. The summed E-state index contributed by atoms with van der Waals surface area (Å²) in [5.74, 6) is 0.466. The third-order valence-corrected chi connectivity index (χ3v) is 5.84. The molecule has 1 aliphatic heterocycles. The van der Waals surface area contributed by atoms with Gasteiger partial charge < -0.3 is 9.64 Å². The molecule has 1 aliphatic rings. The highest BCUT2D eigenvalue weighted by atomic mass is 32.2. The van der Waals surface area contributed by atoms with Crippen molar-refractivity contribution in [2.24, 2.45) is 0 Å². The lowest BCUT2D eigenvalue weighted by Gasteiger charge is -2.24. The maximum absolute atomic E-state index is 12.5. The Labute approximate surface area is 144 Å². The maximum Gasteiger partial charge on any atom is 0.241 e. The van der Waals surface area contributed by atoms with Crippen molar-refractivity contribution in [1.82, 2.24) is 9.62 Å². The Balaban J connectivity index is 2.09. The SMILES string of the molecule is COc1ccc(S(=O)(=O)N[C@H](C)C(=O)N2CCCCCC2)cc1C. The minimum absolute atomic E-state index is 0.135. The van der Waals surface area contributed by atoms with Crippen LogP contribution in [0, 0.1) is 6.92 Å². The highest BCUT2D eigenvalue weighted by Gasteiger charge is 2.26. The summed E-state index contributed by atoms with van der Waals surface area (Å²) in [5.41, 5.74) is 0.729. The molecule has 6 nitrogen and oxygen atoms in total. The second-order valence-electron chi connectivity index (χ2n) is 6.21. The summed E-state index contributed by atoms with van der Waals surface area (Å²) in [7, 11) is -2.21. The van der Waals surface area contributed by atoms with Gasteiger partial charge in [0.1, 0.15) is 5.75 Å². The minimum Gasteiger partial charge on any atom is -0.496 e. The number of carbonyl (C=O) groups is 1. The van der Waals surface area contributed by atoms with E-state index in [0.717, 1.165) is 31.2 Å². The van der Waals surface area contributed by atoms with Crippen LogP contribution in [0.1, 0.15) is 38.2 Å². The fraction of sp³-hybridized carbons (Fsp3) is 0.588. The zero-order valence-electron chi connectivity index (χ0n) is 14.5. The molecule has 0 saturated carbocycles. The number of amides is 1. The maximum atomic E-state index is 12.5. The van der Waals surface area contributed by atoms with Crippen molar-refractivity contribution in [1.29, 1.82) is 0 Å². The number of hydrogen-bond donors (Lipinski definition) is 1. The number of methoxy groups -OCH3 is 1. The van der Waals surface area contributed by atoms with Gasteiger partial charge in [0.25, 0.3) is 0 Å². The molecular weight excluding hydrogens is 328 g/mol. The van der Waals surface area contributed by atoms with Gasteiger partial charge in [-0.1, -0.05) is 12.8 Å². The zero-order chi connectivity index (χ0) is 17.7. The lowest BCUT2D eigenvalue weighted by molar-refractivity contribution is -0.132. The third-order valence-electron chi connectivity index (χ3n) is 4.30. The average Bonchev–Trinajstić information content (AvgIpc) is 2.82. The van der Waals surface area contributed by atoms with Crippen molar-refractivity contribution < 1.29 is 17.9 Å². The fourth-order valence-corrected chi connectivity index (χ4v) is 4.22. The Morgan fingerprint density at radius 2 is 1.83 bits per heavy atom. The van der Waals surface area contributed by atoms with Crippen LogP contribution in [-0.4, -0.2) is 45.5 Å². The van der Waals surface area contributed by atoms with E-state index < -0.39 is 16.1 Å². The number of nitrogens with zero attached hydrogens (tertiary/aromatic N) is 1. The Bertz CT molecular complexity index is 680. The fourth-order valence-electron chi connectivity index (χ4n) is 2.93. The van der Waals surface area contributed by atoms with Crippen LogP contribution in [-0.2, 0) is 14.8 Å². The molecule has 1 fully saturated rings. The van der Waals surface area contributed by atoms with E-state index in [1.165, 1.54) is 13.2 Å². The number of benzene rings is 1. The van der Waals surface area contributed by atoms with E-state index in [0.29, 0.717) is 18.8 Å². The lowest BCUT2D eigenvalue weighted by atomic mass is 10.2. The molecule has 1 aromatic carbocycles. The third kappa shape index (κ3) is 4.48. The molecule has 2 rings (SSSR count). The van der Waals surface area contributed by atoms with Crippen LogP contribution in [0.25, 0.3) is 0 Å². The highest BCUT2D eigenvalue weighted by molar-refractivity contribution is 7.89. The Morgan fingerprint density at radius 1 is 1.21 bits per heavy atom. The van der Waals surface area contributed by atoms with Gasteiger partial charge in [0.2, 0.25) is 15.9 Å². The summed E-state index contributed by atoms with van der Waals surface area (Å²) in [6.45, 7) is 4.78. The smallest absolute Gasteiger partial charge is 0.241 e. The molecule has 1 saturated heterocycles. The Kier molecular flexibility index (Phi) is 6.23. The second-order valence-corrected chi connectivity index (χ2v) is 7.93. The molecule has 1 aromatic rings. The first-order chi connectivity index (χ1) is 11.3. The van der Waals surface area contributed by atoms with E-state index >= 15 is 0 Å². The number of sulfonamides is 1. The van der Waals surface area contributed by atoms with Gasteiger partial charge in [-0.05, 0) is 50.5 Å². The standard InChI is InChI=1S/C17H26N2O4S/c1-13-12-15(8-9-16(13)23-3)24(21,22)18-14(2)17(20)19-10-6-4-5-7-11-19/h8-9,12,14,18H,4-7,10-11H2,1-3H3/t14-/m1/s1. The van der Waals surface area contributed by atoms with Gasteiger partial charge in [0.15, 0.2) is 0 Å². The van der Waals surface area contributed by atoms with Crippen LogP contribution in [0.3, 0.4) is 0 Å². The van der Waals surface area contributed by atoms with Gasteiger partial charge in [-0.3, -0.25) is 4.79 Å².